The lowest BCUT2D eigenvalue weighted by Crippen LogP contribution is -2.47. The van der Waals surface area contributed by atoms with Gasteiger partial charge in [0.1, 0.15) is 12.2 Å². The quantitative estimate of drug-likeness (QED) is 0.758. The standard InChI is InChI=1S/C12H18O8/c1-11(2)17-5(7(19-11)9(13)14)6-8(10(15)16)20-12(3,4)18-6/h5-8H,1-4H3,(H,13,14)(H,15,16)/t5-,6?,7?,8-/m1/s1. The Morgan fingerprint density at radius 1 is 0.750 bits per heavy atom. The fourth-order valence-corrected chi connectivity index (χ4v) is 2.44. The van der Waals surface area contributed by atoms with Crippen LogP contribution in [-0.4, -0.2) is 58.1 Å². The van der Waals surface area contributed by atoms with Crippen molar-refractivity contribution < 1.29 is 38.7 Å². The summed E-state index contributed by atoms with van der Waals surface area (Å²) < 4.78 is 21.6. The number of carboxylic acid groups (broad SMARTS) is 2. The highest BCUT2D eigenvalue weighted by Crippen LogP contribution is 2.38. The molecule has 2 saturated heterocycles. The normalized spacial score (nSPS) is 38.8. The van der Waals surface area contributed by atoms with Crippen LogP contribution in [0.2, 0.25) is 0 Å². The third-order valence-corrected chi connectivity index (χ3v) is 3.07. The van der Waals surface area contributed by atoms with E-state index < -0.39 is 47.9 Å². The monoisotopic (exact) mass is 290 g/mol. The van der Waals surface area contributed by atoms with E-state index in [2.05, 4.69) is 0 Å². The van der Waals surface area contributed by atoms with Crippen molar-refractivity contribution in [2.24, 2.45) is 0 Å². The zero-order chi connectivity index (χ0) is 15.3. The van der Waals surface area contributed by atoms with E-state index in [4.69, 9.17) is 18.9 Å². The molecule has 8 nitrogen and oxygen atoms in total. The van der Waals surface area contributed by atoms with Gasteiger partial charge in [-0.25, -0.2) is 9.59 Å². The summed E-state index contributed by atoms with van der Waals surface area (Å²) in [6.07, 6.45) is -4.75. The number of carbonyl (C=O) groups is 2. The first-order chi connectivity index (χ1) is 9.02. The molecule has 0 aliphatic carbocycles. The average molecular weight is 290 g/mol. The fraction of sp³-hybridized carbons (Fsp3) is 0.833. The van der Waals surface area contributed by atoms with Crippen LogP contribution in [0.15, 0.2) is 0 Å². The van der Waals surface area contributed by atoms with Crippen LogP contribution in [0, 0.1) is 0 Å². The zero-order valence-electron chi connectivity index (χ0n) is 11.7. The van der Waals surface area contributed by atoms with Crippen LogP contribution in [0.4, 0.5) is 0 Å². The number of rotatable bonds is 3. The van der Waals surface area contributed by atoms with Crippen molar-refractivity contribution in [1.29, 1.82) is 0 Å². The summed E-state index contributed by atoms with van der Waals surface area (Å²) in [5.74, 6) is -4.74. The van der Waals surface area contributed by atoms with E-state index in [0.29, 0.717) is 0 Å². The predicted octanol–water partition coefficient (Wildman–Crippen LogP) is 0.196. The fourth-order valence-electron chi connectivity index (χ4n) is 2.44. The van der Waals surface area contributed by atoms with E-state index in [0.717, 1.165) is 0 Å². The van der Waals surface area contributed by atoms with E-state index in [1.54, 1.807) is 27.7 Å². The van der Waals surface area contributed by atoms with E-state index in [-0.39, 0.29) is 0 Å². The van der Waals surface area contributed by atoms with Crippen molar-refractivity contribution in [1.82, 2.24) is 0 Å². The smallest absolute Gasteiger partial charge is 0.335 e. The molecule has 2 fully saturated rings. The molecule has 4 atom stereocenters. The third kappa shape index (κ3) is 2.78. The van der Waals surface area contributed by atoms with Gasteiger partial charge in [0.25, 0.3) is 0 Å². The summed E-state index contributed by atoms with van der Waals surface area (Å²) in [4.78, 5) is 22.5. The van der Waals surface area contributed by atoms with Gasteiger partial charge in [-0.1, -0.05) is 0 Å². The first-order valence-corrected chi connectivity index (χ1v) is 6.19. The number of carboxylic acids is 2. The molecule has 0 radical (unpaired) electrons. The molecule has 8 heteroatoms. The van der Waals surface area contributed by atoms with E-state index in [1.807, 2.05) is 0 Å². The molecule has 2 heterocycles. The van der Waals surface area contributed by atoms with Gasteiger partial charge in [0.15, 0.2) is 23.8 Å². The molecule has 0 amide bonds. The maximum absolute atomic E-state index is 11.2. The highest BCUT2D eigenvalue weighted by atomic mass is 16.8. The Bertz CT molecular complexity index is 389. The summed E-state index contributed by atoms with van der Waals surface area (Å²) in [5.41, 5.74) is 0. The highest BCUT2D eigenvalue weighted by molar-refractivity contribution is 5.76. The van der Waals surface area contributed by atoms with Gasteiger partial charge in [-0.05, 0) is 27.7 Å². The van der Waals surface area contributed by atoms with Crippen LogP contribution in [0.5, 0.6) is 0 Å². The van der Waals surface area contributed by atoms with Gasteiger partial charge in [-0.3, -0.25) is 0 Å². The summed E-state index contributed by atoms with van der Waals surface area (Å²) in [5, 5.41) is 18.4. The largest absolute Gasteiger partial charge is 0.479 e. The molecule has 0 spiro atoms. The zero-order valence-corrected chi connectivity index (χ0v) is 11.7. The van der Waals surface area contributed by atoms with Gasteiger partial charge in [0, 0.05) is 0 Å². The van der Waals surface area contributed by atoms with Crippen LogP contribution in [-0.2, 0) is 28.5 Å². The highest BCUT2D eigenvalue weighted by Gasteiger charge is 2.57. The Morgan fingerprint density at radius 3 is 1.30 bits per heavy atom. The van der Waals surface area contributed by atoms with E-state index in [9.17, 15) is 19.8 Å². The molecule has 2 N–H and O–H groups in total. The lowest BCUT2D eigenvalue weighted by atomic mass is 10.0. The SMILES string of the molecule is CC1(C)OC(C(=O)O)[C@@H](C2OC(C)(C)O[C@H]2C(=O)O)O1. The molecule has 0 aromatic carbocycles. The number of aliphatic carboxylic acids is 2. The van der Waals surface area contributed by atoms with Crippen LogP contribution in [0.25, 0.3) is 0 Å². The number of hydrogen-bond donors (Lipinski definition) is 2. The Balaban J connectivity index is 2.28. The molecule has 2 aliphatic heterocycles. The van der Waals surface area contributed by atoms with Crippen molar-refractivity contribution >= 4 is 11.9 Å². The Morgan fingerprint density at radius 2 is 1.05 bits per heavy atom. The molecule has 0 aromatic rings. The van der Waals surface area contributed by atoms with Gasteiger partial charge in [-0.2, -0.15) is 0 Å². The molecular formula is C12H18O8. The lowest BCUT2D eigenvalue weighted by molar-refractivity contribution is -0.176. The molecule has 0 saturated carbocycles. The minimum Gasteiger partial charge on any atom is -0.479 e. The van der Waals surface area contributed by atoms with Crippen LogP contribution in [0.1, 0.15) is 27.7 Å². The van der Waals surface area contributed by atoms with Crippen molar-refractivity contribution in [3.63, 3.8) is 0 Å². The number of ether oxygens (including phenoxy) is 4. The minimum absolute atomic E-state index is 1.06. The Hall–Kier alpha value is -1.22. The summed E-state index contributed by atoms with van der Waals surface area (Å²) >= 11 is 0. The van der Waals surface area contributed by atoms with Crippen molar-refractivity contribution in [2.45, 2.75) is 63.7 Å². The second kappa shape index (κ2) is 4.66. The molecule has 2 aliphatic rings. The second-order valence-electron chi connectivity index (χ2n) is 5.72. The van der Waals surface area contributed by atoms with Gasteiger partial charge < -0.3 is 29.2 Å². The number of hydrogen-bond acceptors (Lipinski definition) is 6. The molecular weight excluding hydrogens is 272 g/mol. The maximum Gasteiger partial charge on any atom is 0.335 e. The summed E-state index contributed by atoms with van der Waals surface area (Å²) in [6, 6.07) is 0. The summed E-state index contributed by atoms with van der Waals surface area (Å²) in [7, 11) is 0. The molecule has 20 heavy (non-hydrogen) atoms. The second-order valence-corrected chi connectivity index (χ2v) is 5.72. The first kappa shape index (κ1) is 15.2. The van der Waals surface area contributed by atoms with Crippen LogP contribution in [0.3, 0.4) is 0 Å². The average Bonchev–Trinajstić information content (AvgIpc) is 2.75. The topological polar surface area (TPSA) is 112 Å². The Kier molecular flexibility index (Phi) is 3.53. The molecule has 0 aromatic heterocycles. The molecule has 0 bridgehead atoms. The van der Waals surface area contributed by atoms with Crippen molar-refractivity contribution in [2.75, 3.05) is 0 Å². The molecule has 2 rings (SSSR count). The maximum atomic E-state index is 11.2. The van der Waals surface area contributed by atoms with Crippen molar-refractivity contribution in [3.05, 3.63) is 0 Å². The predicted molar refractivity (Wildman–Crippen MR) is 62.9 cm³/mol. The van der Waals surface area contributed by atoms with Crippen LogP contribution < -0.4 is 0 Å². The van der Waals surface area contributed by atoms with Gasteiger partial charge >= 0.3 is 11.9 Å². The van der Waals surface area contributed by atoms with Gasteiger partial charge in [0.2, 0.25) is 0 Å². The minimum atomic E-state index is -1.31. The van der Waals surface area contributed by atoms with Crippen molar-refractivity contribution in [3.8, 4) is 0 Å². The van der Waals surface area contributed by atoms with E-state index in [1.165, 1.54) is 0 Å². The first-order valence-electron chi connectivity index (χ1n) is 6.19. The van der Waals surface area contributed by atoms with E-state index >= 15 is 0 Å². The van der Waals surface area contributed by atoms with Gasteiger partial charge in [0.05, 0.1) is 0 Å². The Labute approximate surface area is 115 Å². The molecule has 2 unspecified atom stereocenters. The van der Waals surface area contributed by atoms with Gasteiger partial charge in [-0.15, -0.1) is 0 Å². The lowest BCUT2D eigenvalue weighted by Gasteiger charge is -2.23. The molecule has 114 valence electrons. The summed E-state index contributed by atoms with van der Waals surface area (Å²) in [6.45, 7) is 6.22. The third-order valence-electron chi connectivity index (χ3n) is 3.07. The van der Waals surface area contributed by atoms with Crippen LogP contribution >= 0.6 is 0 Å².